The molecule has 15 unspecified atom stereocenters. The van der Waals surface area contributed by atoms with Crippen molar-refractivity contribution < 1.29 is 123 Å². The van der Waals surface area contributed by atoms with Crippen molar-refractivity contribution >= 4 is 18.5 Å². The summed E-state index contributed by atoms with van der Waals surface area (Å²) < 4.78 is 32.8. The molecule has 1 amide bonds. The van der Waals surface area contributed by atoms with Crippen LogP contribution in [-0.4, -0.2) is 176 Å². The van der Waals surface area contributed by atoms with Gasteiger partial charge in [-0.2, -0.15) is 12.6 Å². The summed E-state index contributed by atoms with van der Waals surface area (Å²) in [7, 11) is 0. The third-order valence-electron chi connectivity index (χ3n) is 7.18. The average molecular weight is 861 g/mol. The Morgan fingerprint density at radius 1 is 0.721 bits per heavy atom. The van der Waals surface area contributed by atoms with E-state index in [1.165, 1.54) is 0 Å². The number of aliphatic hydroxyl groups excluding tert-OH is 9. The number of ether oxygens (including phenoxy) is 6. The summed E-state index contributed by atoms with van der Waals surface area (Å²) in [5, 5.41) is 94.3. The fourth-order valence-electron chi connectivity index (χ4n) is 4.73. The molecule has 11 N–H and O–H groups in total. The Kier molecular flexibility index (Phi) is 17.4. The maximum Gasteiger partial charge on any atom is 0.221 e. The molecule has 3 saturated heterocycles. The maximum absolute atomic E-state index is 11.8. The van der Waals surface area contributed by atoms with Crippen molar-refractivity contribution in [1.82, 2.24) is 5.32 Å². The van der Waals surface area contributed by atoms with Gasteiger partial charge < -0.3 is 85.4 Å². The number of hydrogen-bond acceptors (Lipinski definition) is 17. The summed E-state index contributed by atoms with van der Waals surface area (Å²) in [6.07, 6.45) is -22.3. The van der Waals surface area contributed by atoms with Crippen molar-refractivity contribution in [3.05, 3.63) is 5.73 Å². The first-order chi connectivity index (χ1) is 20.0. The smallest absolute Gasteiger partial charge is 0.221 e. The Labute approximate surface area is 288 Å². The Morgan fingerprint density at radius 2 is 1.26 bits per heavy atom. The molecule has 3 aliphatic heterocycles. The fourth-order valence-corrected chi connectivity index (χ4v) is 4.88. The molecule has 0 aromatic rings. The summed E-state index contributed by atoms with van der Waals surface area (Å²) in [6, 6.07) is -1.52. The van der Waals surface area contributed by atoms with E-state index in [0.29, 0.717) is 12.2 Å². The first-order valence-electron chi connectivity index (χ1n) is 13.4. The Hall–Kier alpha value is 0.622. The van der Waals surface area contributed by atoms with E-state index in [0.717, 1.165) is 0 Å². The molecule has 18 nitrogen and oxygen atoms in total. The molecule has 15 atom stereocenters. The first kappa shape index (κ1) is 39.8. The summed E-state index contributed by atoms with van der Waals surface area (Å²) in [5.74, 6) is 0.185. The molecule has 0 aliphatic carbocycles. The van der Waals surface area contributed by atoms with E-state index in [9.17, 15) is 50.8 Å². The van der Waals surface area contributed by atoms with Crippen LogP contribution in [-0.2, 0) is 33.2 Å². The third-order valence-corrected chi connectivity index (χ3v) is 7.50. The van der Waals surface area contributed by atoms with Crippen LogP contribution < -0.4 is 5.32 Å². The summed E-state index contributed by atoms with van der Waals surface area (Å²) in [4.78, 5) is 11.8. The van der Waals surface area contributed by atoms with E-state index < -0.39 is 112 Å². The van der Waals surface area contributed by atoms with Crippen molar-refractivity contribution in [2.24, 2.45) is 0 Å². The molecule has 3 heterocycles. The minimum absolute atomic E-state index is 0. The van der Waals surface area contributed by atoms with E-state index in [1.807, 2.05) is 0 Å². The molecule has 0 aromatic carbocycles. The number of amides is 1. The van der Waals surface area contributed by atoms with Crippen molar-refractivity contribution in [2.75, 3.05) is 32.3 Å². The fraction of sp³-hybridized carbons (Fsp3) is 0.957. The average Bonchev–Trinajstić information content (AvgIpc) is 2.98. The number of hydrogen-bond donors (Lipinski definition) is 11. The second kappa shape index (κ2) is 18.8. The largest absolute Gasteiger partial charge is 0.668 e. The summed E-state index contributed by atoms with van der Waals surface area (Å²) in [5.41, 5.74) is 8.31. The van der Waals surface area contributed by atoms with Crippen LogP contribution in [0.1, 0.15) is 12.8 Å². The van der Waals surface area contributed by atoms with Gasteiger partial charge in [-0.05, 0) is 12.2 Å². The minimum Gasteiger partial charge on any atom is -0.668 e. The number of carbonyl (C=O) groups is 1. The number of carbonyl (C=O) groups excluding carboxylic acids is 1. The first-order valence-corrected chi connectivity index (χ1v) is 14.0. The molecule has 3 fully saturated rings. The van der Waals surface area contributed by atoms with Gasteiger partial charge in [0.15, 0.2) is 12.6 Å². The molecule has 249 valence electrons. The standard InChI is InChI=1S/C23H41N2O16S.Ac/c24-12-15(32)19(10(6-28)39-21(12)36-7-25-11(29)2-1-3-42)40-23-18(35)20(14(31)9(5-27)38-23)41-22-17(34)16(33)13(30)8(4-26)37-22;/h8-10,12-24,26-28,30-35,42H,1-7H2,(H,25,29);/q-1;. The van der Waals surface area contributed by atoms with Crippen LogP contribution in [0.3, 0.4) is 0 Å². The van der Waals surface area contributed by atoms with Gasteiger partial charge in [0.05, 0.1) is 25.9 Å². The van der Waals surface area contributed by atoms with E-state index in [4.69, 9.17) is 34.2 Å². The molecule has 20 heteroatoms. The molecular formula is C23H41AcN2O16S-. The Balaban J connectivity index is 0.00000645. The van der Waals surface area contributed by atoms with Crippen molar-refractivity contribution in [2.45, 2.75) is 105 Å². The number of nitrogens with one attached hydrogen (secondary N) is 2. The van der Waals surface area contributed by atoms with Gasteiger partial charge in [-0.3, -0.25) is 4.79 Å². The SMILES string of the molecule is [Ac].[NH-]C1C(OCNC(=O)CCCS)OC(CO)C(OC2OC(CO)C(O)C(OC3OC(CO)C(O)C(O)C3O)C2O)C1O. The molecule has 0 aromatic heterocycles. The van der Waals surface area contributed by atoms with Crippen LogP contribution in [0.15, 0.2) is 0 Å². The van der Waals surface area contributed by atoms with E-state index in [-0.39, 0.29) is 63.1 Å². The quantitative estimate of drug-likeness (QED) is 0.0608. The predicted octanol–water partition coefficient (Wildman–Crippen LogP) is -5.71. The van der Waals surface area contributed by atoms with Gasteiger partial charge in [0.2, 0.25) is 5.91 Å². The third kappa shape index (κ3) is 9.82. The van der Waals surface area contributed by atoms with Gasteiger partial charge in [-0.1, -0.05) is 6.04 Å². The Morgan fingerprint density at radius 3 is 1.84 bits per heavy atom. The number of rotatable bonds is 13. The van der Waals surface area contributed by atoms with Crippen LogP contribution in [0.5, 0.6) is 0 Å². The summed E-state index contributed by atoms with van der Waals surface area (Å²) in [6.45, 7) is -2.67. The van der Waals surface area contributed by atoms with E-state index >= 15 is 0 Å². The van der Waals surface area contributed by atoms with E-state index in [2.05, 4.69) is 17.9 Å². The monoisotopic (exact) mass is 860 g/mol. The van der Waals surface area contributed by atoms with Crippen molar-refractivity contribution in [1.29, 1.82) is 0 Å². The van der Waals surface area contributed by atoms with Crippen molar-refractivity contribution in [3.63, 3.8) is 0 Å². The van der Waals surface area contributed by atoms with Gasteiger partial charge in [0.1, 0.15) is 74.1 Å². The maximum atomic E-state index is 11.8. The Bertz CT molecular complexity index is 838. The van der Waals surface area contributed by atoms with Gasteiger partial charge in [-0.15, -0.1) is 0 Å². The van der Waals surface area contributed by atoms with Crippen molar-refractivity contribution in [3.8, 4) is 0 Å². The number of thiol groups is 1. The summed E-state index contributed by atoms with van der Waals surface area (Å²) >= 11 is 4.02. The van der Waals surface area contributed by atoms with Gasteiger partial charge in [-0.25, -0.2) is 0 Å². The molecule has 0 saturated carbocycles. The van der Waals surface area contributed by atoms with Gasteiger partial charge in [0.25, 0.3) is 0 Å². The van der Waals surface area contributed by atoms with E-state index in [1.54, 1.807) is 0 Å². The minimum atomic E-state index is -1.91. The zero-order chi connectivity index (χ0) is 31.1. The zero-order valence-corrected chi connectivity index (χ0v) is 28.7. The predicted molar refractivity (Wildman–Crippen MR) is 138 cm³/mol. The zero-order valence-electron chi connectivity index (χ0n) is 23.0. The molecule has 3 aliphatic rings. The molecule has 0 bridgehead atoms. The second-order valence-corrected chi connectivity index (χ2v) is 10.5. The van der Waals surface area contributed by atoms with Crippen LogP contribution >= 0.6 is 12.6 Å². The van der Waals surface area contributed by atoms with Gasteiger partial charge >= 0.3 is 0 Å². The normalized spacial score (nSPS) is 43.6. The second-order valence-electron chi connectivity index (χ2n) is 10.1. The van der Waals surface area contributed by atoms with Crippen LogP contribution in [0, 0.1) is 44.1 Å². The molecule has 3 rings (SSSR count). The van der Waals surface area contributed by atoms with Crippen LogP contribution in [0.4, 0.5) is 0 Å². The van der Waals surface area contributed by atoms with Crippen LogP contribution in [0.2, 0.25) is 0 Å². The topological polar surface area (TPSA) is 290 Å². The molecular weight excluding hydrogens is 819 g/mol. The van der Waals surface area contributed by atoms with Crippen LogP contribution in [0.25, 0.3) is 5.73 Å². The molecule has 43 heavy (non-hydrogen) atoms. The molecule has 0 spiro atoms. The number of aliphatic hydroxyl groups is 9. The molecule has 1 radical (unpaired) electrons. The van der Waals surface area contributed by atoms with Gasteiger partial charge in [0, 0.05) is 50.5 Å².